The Hall–Kier alpha value is -1.23. The molecule has 1 saturated carbocycles. The summed E-state index contributed by atoms with van der Waals surface area (Å²) in [6.45, 7) is 3.00. The minimum Gasteiger partial charge on any atom is -0.356 e. The van der Waals surface area contributed by atoms with Crippen molar-refractivity contribution < 1.29 is 0 Å². The summed E-state index contributed by atoms with van der Waals surface area (Å²) in [5.74, 6) is 0.925. The average molecular weight is 306 g/mol. The van der Waals surface area contributed by atoms with Crippen molar-refractivity contribution in [2.75, 3.05) is 19.8 Å². The first-order valence-electron chi connectivity index (χ1n) is 7.62. The first kappa shape index (κ1) is 16.1. The normalized spacial score (nSPS) is 22.3. The fraction of sp³-hybridized carbons (Fsp3) is 0.625. The number of aliphatic imine (C=N–C) groups is 1. The molecule has 4 nitrogen and oxygen atoms in total. The van der Waals surface area contributed by atoms with Gasteiger partial charge in [0.25, 0.3) is 0 Å². The van der Waals surface area contributed by atoms with Gasteiger partial charge in [0.05, 0.1) is 0 Å². The molecular formula is C16H26N4S. The van der Waals surface area contributed by atoms with Crippen LogP contribution in [0.5, 0.6) is 0 Å². The molecule has 0 bridgehead atoms. The molecule has 2 N–H and O–H groups in total. The number of hydrogen-bond acceptors (Lipinski definition) is 3. The molecule has 0 aliphatic heterocycles. The van der Waals surface area contributed by atoms with E-state index in [-0.39, 0.29) is 0 Å². The van der Waals surface area contributed by atoms with E-state index >= 15 is 0 Å². The molecule has 1 aliphatic carbocycles. The van der Waals surface area contributed by atoms with Gasteiger partial charge in [-0.3, -0.25) is 9.98 Å². The van der Waals surface area contributed by atoms with Crippen molar-refractivity contribution in [3.63, 3.8) is 0 Å². The average Bonchev–Trinajstić information content (AvgIpc) is 2.96. The maximum atomic E-state index is 4.33. The van der Waals surface area contributed by atoms with Crippen LogP contribution in [0.2, 0.25) is 0 Å². The van der Waals surface area contributed by atoms with Crippen molar-refractivity contribution in [2.24, 2.45) is 4.99 Å². The number of rotatable bonds is 5. The van der Waals surface area contributed by atoms with Crippen molar-refractivity contribution in [1.29, 1.82) is 0 Å². The fourth-order valence-electron chi connectivity index (χ4n) is 2.77. The number of aromatic nitrogens is 1. The lowest BCUT2D eigenvalue weighted by atomic mass is 10.1. The van der Waals surface area contributed by atoms with Crippen molar-refractivity contribution in [2.45, 2.75) is 43.9 Å². The second-order valence-electron chi connectivity index (χ2n) is 5.56. The molecule has 0 saturated heterocycles. The summed E-state index contributed by atoms with van der Waals surface area (Å²) < 4.78 is 0. The van der Waals surface area contributed by atoms with Gasteiger partial charge < -0.3 is 10.6 Å². The maximum Gasteiger partial charge on any atom is 0.191 e. The zero-order chi connectivity index (χ0) is 15.1. The molecule has 0 spiro atoms. The van der Waals surface area contributed by atoms with E-state index in [1.165, 1.54) is 30.4 Å². The Labute approximate surface area is 132 Å². The molecule has 21 heavy (non-hydrogen) atoms. The summed E-state index contributed by atoms with van der Waals surface area (Å²) in [5.41, 5.74) is 2.59. The molecule has 1 heterocycles. The van der Waals surface area contributed by atoms with Gasteiger partial charge >= 0.3 is 0 Å². The number of guanidine groups is 1. The smallest absolute Gasteiger partial charge is 0.191 e. The quantitative estimate of drug-likeness (QED) is 0.648. The van der Waals surface area contributed by atoms with Crippen molar-refractivity contribution in [1.82, 2.24) is 15.6 Å². The minimum absolute atomic E-state index is 0.566. The number of aryl methyl sites for hydroxylation is 1. The van der Waals surface area contributed by atoms with E-state index in [1.54, 1.807) is 0 Å². The summed E-state index contributed by atoms with van der Waals surface area (Å²) in [5, 5.41) is 7.77. The lowest BCUT2D eigenvalue weighted by molar-refractivity contribution is 0.614. The predicted octanol–water partition coefficient (Wildman–Crippen LogP) is 2.38. The molecule has 1 aromatic heterocycles. The van der Waals surface area contributed by atoms with E-state index in [9.17, 15) is 0 Å². The lowest BCUT2D eigenvalue weighted by Gasteiger charge is -2.17. The summed E-state index contributed by atoms with van der Waals surface area (Å²) >= 11 is 1.98. The predicted molar refractivity (Wildman–Crippen MR) is 92.1 cm³/mol. The number of pyridine rings is 1. The Morgan fingerprint density at radius 1 is 1.48 bits per heavy atom. The summed E-state index contributed by atoms with van der Waals surface area (Å²) in [7, 11) is 1.84. The van der Waals surface area contributed by atoms with E-state index in [2.05, 4.69) is 39.9 Å². The standard InChI is InChI=1S/C16H26N4S/c1-12-11-18-8-6-13(12)7-9-19-16(17-2)20-14-4-5-15(10-14)21-3/h6,8,11,14-15H,4-5,7,9-10H2,1-3H3,(H2,17,19,20). The zero-order valence-corrected chi connectivity index (χ0v) is 14.0. The summed E-state index contributed by atoms with van der Waals surface area (Å²) in [6, 6.07) is 2.66. The summed E-state index contributed by atoms with van der Waals surface area (Å²) in [6.07, 6.45) is 10.8. The fourth-order valence-corrected chi connectivity index (χ4v) is 3.57. The Morgan fingerprint density at radius 3 is 3.00 bits per heavy atom. The van der Waals surface area contributed by atoms with Gasteiger partial charge in [-0.05, 0) is 56.1 Å². The van der Waals surface area contributed by atoms with Gasteiger partial charge in [-0.25, -0.2) is 0 Å². The second-order valence-corrected chi connectivity index (χ2v) is 6.70. The van der Waals surface area contributed by atoms with Crippen molar-refractivity contribution >= 4 is 17.7 Å². The number of nitrogens with one attached hydrogen (secondary N) is 2. The SMILES string of the molecule is CN=C(NCCc1ccncc1C)NC1CCC(SC)C1. The van der Waals surface area contributed by atoms with E-state index in [1.807, 2.05) is 31.2 Å². The highest BCUT2D eigenvalue weighted by atomic mass is 32.2. The van der Waals surface area contributed by atoms with Crippen LogP contribution in [0.4, 0.5) is 0 Å². The topological polar surface area (TPSA) is 49.3 Å². The van der Waals surface area contributed by atoms with Crippen LogP contribution in [0.3, 0.4) is 0 Å². The highest BCUT2D eigenvalue weighted by Gasteiger charge is 2.24. The van der Waals surface area contributed by atoms with Crippen LogP contribution in [0.15, 0.2) is 23.5 Å². The second kappa shape index (κ2) is 8.27. The van der Waals surface area contributed by atoms with Crippen LogP contribution >= 0.6 is 11.8 Å². The first-order chi connectivity index (χ1) is 10.2. The van der Waals surface area contributed by atoms with Gasteiger partial charge in [-0.15, -0.1) is 0 Å². The zero-order valence-electron chi connectivity index (χ0n) is 13.2. The third-order valence-electron chi connectivity index (χ3n) is 4.11. The molecule has 2 rings (SSSR count). The number of hydrogen-bond donors (Lipinski definition) is 2. The van der Waals surface area contributed by atoms with Crippen LogP contribution in [0, 0.1) is 6.92 Å². The Kier molecular flexibility index (Phi) is 6.36. The largest absolute Gasteiger partial charge is 0.356 e. The molecule has 0 radical (unpaired) electrons. The van der Waals surface area contributed by atoms with E-state index in [4.69, 9.17) is 0 Å². The van der Waals surface area contributed by atoms with Gasteiger partial charge in [0, 0.05) is 37.3 Å². The minimum atomic E-state index is 0.566. The van der Waals surface area contributed by atoms with E-state index < -0.39 is 0 Å². The summed E-state index contributed by atoms with van der Waals surface area (Å²) in [4.78, 5) is 8.46. The molecule has 5 heteroatoms. The Bertz CT molecular complexity index is 475. The molecular weight excluding hydrogens is 280 g/mol. The molecule has 2 atom stereocenters. The van der Waals surface area contributed by atoms with Crippen molar-refractivity contribution in [3.8, 4) is 0 Å². The Balaban J connectivity index is 1.75. The molecule has 1 aromatic rings. The van der Waals surface area contributed by atoms with Crippen LogP contribution in [0.25, 0.3) is 0 Å². The number of nitrogens with zero attached hydrogens (tertiary/aromatic N) is 2. The third-order valence-corrected chi connectivity index (χ3v) is 5.20. The van der Waals surface area contributed by atoms with Crippen molar-refractivity contribution in [3.05, 3.63) is 29.6 Å². The van der Waals surface area contributed by atoms with Crippen LogP contribution in [-0.4, -0.2) is 42.1 Å². The third kappa shape index (κ3) is 4.92. The molecule has 0 aromatic carbocycles. The molecule has 2 unspecified atom stereocenters. The Morgan fingerprint density at radius 2 is 2.33 bits per heavy atom. The first-order valence-corrected chi connectivity index (χ1v) is 8.91. The van der Waals surface area contributed by atoms with Crippen LogP contribution in [-0.2, 0) is 6.42 Å². The molecule has 1 aliphatic rings. The maximum absolute atomic E-state index is 4.33. The van der Waals surface area contributed by atoms with E-state index in [0.717, 1.165) is 24.2 Å². The molecule has 1 fully saturated rings. The monoisotopic (exact) mass is 306 g/mol. The van der Waals surface area contributed by atoms with Crippen LogP contribution < -0.4 is 10.6 Å². The van der Waals surface area contributed by atoms with Gasteiger partial charge in [0.1, 0.15) is 0 Å². The number of thioether (sulfide) groups is 1. The van der Waals surface area contributed by atoms with Gasteiger partial charge in [-0.1, -0.05) is 0 Å². The van der Waals surface area contributed by atoms with Crippen LogP contribution in [0.1, 0.15) is 30.4 Å². The highest BCUT2D eigenvalue weighted by Crippen LogP contribution is 2.27. The molecule has 0 amide bonds. The van der Waals surface area contributed by atoms with E-state index in [0.29, 0.717) is 6.04 Å². The highest BCUT2D eigenvalue weighted by molar-refractivity contribution is 7.99. The van der Waals surface area contributed by atoms with Gasteiger partial charge in [0.2, 0.25) is 0 Å². The van der Waals surface area contributed by atoms with Gasteiger partial charge in [-0.2, -0.15) is 11.8 Å². The molecule has 116 valence electrons. The lowest BCUT2D eigenvalue weighted by Crippen LogP contribution is -2.43. The van der Waals surface area contributed by atoms with Gasteiger partial charge in [0.15, 0.2) is 5.96 Å².